The molecule has 0 amide bonds. The van der Waals surface area contributed by atoms with E-state index in [4.69, 9.17) is 26.1 Å². The van der Waals surface area contributed by atoms with Gasteiger partial charge < -0.3 is 39.5 Å². The number of rotatable bonds is 10. The number of aromatic nitrogens is 4. The van der Waals surface area contributed by atoms with E-state index in [1.54, 1.807) is 0 Å². The van der Waals surface area contributed by atoms with Crippen molar-refractivity contribution in [3.05, 3.63) is 41.1 Å². The van der Waals surface area contributed by atoms with Crippen molar-refractivity contribution in [2.45, 2.75) is 42.4 Å². The van der Waals surface area contributed by atoms with Crippen LogP contribution >= 0.6 is 37.0 Å². The molecule has 2 aromatic heterocycles. The summed E-state index contributed by atoms with van der Waals surface area (Å²) in [6.07, 6.45) is -5.44. The molecule has 5 unspecified atom stereocenters. The molecule has 14 nitrogen and oxygen atoms in total. The summed E-state index contributed by atoms with van der Waals surface area (Å²) in [7, 11) is -19.9. The molecule has 1 aliphatic heterocycles. The molecule has 1 fully saturated rings. The van der Waals surface area contributed by atoms with Crippen LogP contribution in [0.15, 0.2) is 29.3 Å². The first-order chi connectivity index (χ1) is 19.3. The zero-order chi connectivity index (χ0) is 32.4. The Morgan fingerprint density at radius 3 is 2.37 bits per heavy atom. The number of aliphatic hydroxyl groups excluding tert-OH is 2. The summed E-state index contributed by atoms with van der Waals surface area (Å²) in [4.78, 5) is 32.9. The minimum atomic E-state index is -10.1. The van der Waals surface area contributed by atoms with Crippen LogP contribution in [0.4, 0.5) is 29.6 Å². The Balaban J connectivity index is 1.57. The highest BCUT2D eigenvalue weighted by atomic mass is 35.5. The molecule has 0 bridgehead atoms. The van der Waals surface area contributed by atoms with Crippen LogP contribution in [0.25, 0.3) is 11.0 Å². The first kappa shape index (κ1) is 33.9. The van der Waals surface area contributed by atoms with Gasteiger partial charge in [-0.25, -0.2) is 9.07 Å². The van der Waals surface area contributed by atoms with Crippen molar-refractivity contribution in [2.75, 3.05) is 17.8 Å². The number of ether oxygens (including phenoxy) is 1. The Bertz CT molecular complexity index is 1670. The average Bonchev–Trinajstić information content (AvgIpc) is 3.35. The summed E-state index contributed by atoms with van der Waals surface area (Å²) in [6.45, 7) is 0.398. The van der Waals surface area contributed by atoms with E-state index in [1.807, 2.05) is 0 Å². The van der Waals surface area contributed by atoms with Gasteiger partial charge in [0.25, 0.3) is 0 Å². The summed E-state index contributed by atoms with van der Waals surface area (Å²) < 4.78 is 114. The molecular weight excluding hydrogens is 686 g/mol. The molecule has 0 radical (unpaired) electrons. The Labute approximate surface area is 242 Å². The molecule has 6 atom stereocenters. The molecule has 1 aliphatic rings. The Hall–Kier alpha value is -2.03. The Morgan fingerprint density at radius 1 is 1.14 bits per heavy atom. The lowest BCUT2D eigenvalue weighted by Gasteiger charge is -2.40. The van der Waals surface area contributed by atoms with Crippen molar-refractivity contribution in [1.82, 2.24) is 19.7 Å². The summed E-state index contributed by atoms with van der Waals surface area (Å²) in [6, 6.07) is -0.919. The molecule has 1 aromatic carbocycles. The minimum absolute atomic E-state index is 0.0341. The van der Waals surface area contributed by atoms with Crippen LogP contribution in [0.1, 0.15) is 24.8 Å². The molecule has 4 rings (SSSR count). The fraction of sp³-hybridized carbons (Fsp3) is 0.421. The van der Waals surface area contributed by atoms with Crippen LogP contribution in [0, 0.1) is 5.82 Å². The Kier molecular flexibility index (Phi) is 8.28. The van der Waals surface area contributed by atoms with E-state index >= 15 is 0 Å². The van der Waals surface area contributed by atoms with Gasteiger partial charge in [-0.3, -0.25) is 9.13 Å². The Morgan fingerprint density at radius 2 is 1.79 bits per heavy atom. The maximum absolute atomic E-state index is 14.5. The first-order valence-corrected chi connectivity index (χ1v) is 17.5. The minimum Gasteiger partial charge on any atom is -0.387 e. The topological polar surface area (TPSA) is 209 Å². The average molecular weight is 708 g/mol. The summed E-state index contributed by atoms with van der Waals surface area (Å²) in [5.41, 5.74) is -0.597. The number of hydrogen-bond acceptors (Lipinski definition) is 10. The quantitative estimate of drug-likeness (QED) is 0.0982. The third-order valence-corrected chi connectivity index (χ3v) is 10.8. The number of anilines is 1. The van der Waals surface area contributed by atoms with Crippen molar-refractivity contribution in [2.24, 2.45) is 0 Å². The fourth-order valence-electron chi connectivity index (χ4n) is 4.11. The number of nitrogens with one attached hydrogen (secondary N) is 1. The number of fused-ring (bicyclic) bond motifs is 1. The monoisotopic (exact) mass is 707 g/mol. The highest BCUT2D eigenvalue weighted by Gasteiger charge is 2.65. The van der Waals surface area contributed by atoms with Crippen molar-refractivity contribution >= 4 is 53.9 Å². The zero-order valence-corrected chi connectivity index (χ0v) is 24.6. The molecule has 0 aliphatic carbocycles. The predicted molar refractivity (Wildman–Crippen MR) is 139 cm³/mol. The van der Waals surface area contributed by atoms with Crippen molar-refractivity contribution in [1.29, 1.82) is 0 Å². The summed E-state index contributed by atoms with van der Waals surface area (Å²) in [5, 5.41) is 27.2. The normalized spacial score (nSPS) is 25.2. The van der Waals surface area contributed by atoms with E-state index in [0.29, 0.717) is 6.07 Å². The molecule has 0 saturated carbocycles. The van der Waals surface area contributed by atoms with E-state index in [-0.39, 0.29) is 29.0 Å². The van der Waals surface area contributed by atoms with E-state index in [0.717, 1.165) is 10.9 Å². The van der Waals surface area contributed by atoms with Gasteiger partial charge in [0, 0.05) is 5.56 Å². The number of halogens is 7. The lowest BCUT2D eigenvalue weighted by Crippen LogP contribution is -2.33. The third-order valence-electron chi connectivity index (χ3n) is 6.05. The van der Waals surface area contributed by atoms with Gasteiger partial charge in [-0.1, -0.05) is 25.5 Å². The van der Waals surface area contributed by atoms with Crippen LogP contribution in [0.2, 0.25) is 5.28 Å². The SMILES string of the molecule is C[C@@H](Nc1nc(Cl)nc2c1cnn2C1OC(COP(=O)(O)CP(=O)(O)O)C(O)C1O)c1ccc(S(F)(F)(F)(F)F)cc1F. The van der Waals surface area contributed by atoms with Gasteiger partial charge in [0.2, 0.25) is 5.28 Å². The smallest absolute Gasteiger partial charge is 0.340 e. The molecule has 3 aromatic rings. The number of nitrogens with zero attached hydrogens (tertiary/aromatic N) is 4. The number of aliphatic hydroxyl groups is 2. The fourth-order valence-corrected chi connectivity index (χ4v) is 7.49. The van der Waals surface area contributed by atoms with E-state index in [9.17, 15) is 48.1 Å². The van der Waals surface area contributed by atoms with Gasteiger partial charge in [-0.05, 0) is 30.7 Å². The van der Waals surface area contributed by atoms with E-state index in [1.165, 1.54) is 6.92 Å². The van der Waals surface area contributed by atoms with Crippen LogP contribution < -0.4 is 5.32 Å². The number of hydrogen-bond donors (Lipinski definition) is 6. The van der Waals surface area contributed by atoms with Gasteiger partial charge >= 0.3 is 25.4 Å². The largest absolute Gasteiger partial charge is 0.387 e. The van der Waals surface area contributed by atoms with Crippen LogP contribution in [0.3, 0.4) is 0 Å². The number of benzene rings is 1. The zero-order valence-electron chi connectivity index (χ0n) is 21.2. The molecule has 1 saturated heterocycles. The standard InChI is InChI=1S/C19H22ClF6N5O9P2S/c1-8(10-3-2-9(4-12(10)21)43(22,23,24,25)26)28-16-11-5-27-31(17(11)30-19(20)29-16)18-15(33)14(32)13(40-18)6-39-42(37,38)7-41(34,35)36/h2-5,8,13-15,18,32-33H,6-7H2,1H3,(H,37,38)(H,28,29,30)(H2,34,35,36)/t8-,13?,14?,15?,18?/m1/s1. The molecule has 6 N–H and O–H groups in total. The molecule has 3 heterocycles. The lowest BCUT2D eigenvalue weighted by molar-refractivity contribution is -0.0541. The van der Waals surface area contributed by atoms with Gasteiger partial charge in [0.15, 0.2) is 17.8 Å². The molecule has 43 heavy (non-hydrogen) atoms. The second-order valence-corrected chi connectivity index (χ2v) is 16.2. The van der Waals surface area contributed by atoms with E-state index < -0.39 is 90.1 Å². The van der Waals surface area contributed by atoms with Crippen molar-refractivity contribution in [3.8, 4) is 0 Å². The first-order valence-electron chi connectivity index (χ1n) is 11.6. The maximum atomic E-state index is 14.5. The summed E-state index contributed by atoms with van der Waals surface area (Å²) >= 11 is 5.99. The van der Waals surface area contributed by atoms with Gasteiger partial charge in [0.1, 0.15) is 34.8 Å². The van der Waals surface area contributed by atoms with E-state index in [2.05, 4.69) is 24.9 Å². The van der Waals surface area contributed by atoms with Crippen molar-refractivity contribution < 1.29 is 67.1 Å². The molecule has 24 heteroatoms. The summed E-state index contributed by atoms with van der Waals surface area (Å²) in [5.74, 6) is -3.25. The highest BCUT2D eigenvalue weighted by molar-refractivity contribution is 8.45. The van der Waals surface area contributed by atoms with Crippen LogP contribution in [0.5, 0.6) is 0 Å². The van der Waals surface area contributed by atoms with Gasteiger partial charge in [0.05, 0.1) is 24.2 Å². The molecular formula is C19H22ClF6N5O9P2S. The second kappa shape index (κ2) is 10.5. The highest BCUT2D eigenvalue weighted by Crippen LogP contribution is 3.02. The third kappa shape index (κ3) is 7.80. The van der Waals surface area contributed by atoms with Gasteiger partial charge in [-0.15, -0.1) is 0 Å². The maximum Gasteiger partial charge on any atom is 0.340 e. The predicted octanol–water partition coefficient (Wildman–Crippen LogP) is 4.41. The second-order valence-electron chi connectivity index (χ2n) is 9.47. The van der Waals surface area contributed by atoms with Crippen LogP contribution in [-0.4, -0.2) is 75.5 Å². The molecule has 242 valence electrons. The lowest BCUT2D eigenvalue weighted by atomic mass is 10.1. The van der Waals surface area contributed by atoms with Crippen LogP contribution in [-0.2, 0) is 18.4 Å². The van der Waals surface area contributed by atoms with Crippen molar-refractivity contribution in [3.63, 3.8) is 0 Å². The molecule has 0 spiro atoms. The van der Waals surface area contributed by atoms with Gasteiger partial charge in [-0.2, -0.15) is 15.1 Å².